The van der Waals surface area contributed by atoms with Crippen molar-refractivity contribution >= 4 is 11.6 Å². The van der Waals surface area contributed by atoms with Crippen LogP contribution >= 0.6 is 0 Å². The average molecular weight is 284 g/mol. The Balaban J connectivity index is 1.62. The van der Waals surface area contributed by atoms with E-state index in [0.717, 1.165) is 42.9 Å². The highest BCUT2D eigenvalue weighted by Gasteiger charge is 2.16. The van der Waals surface area contributed by atoms with Crippen molar-refractivity contribution in [3.63, 3.8) is 0 Å². The SMILES string of the molecule is O=C(CC1CCNCC1)Nc1cccc(-c2cnc[nH]2)c1. The third kappa shape index (κ3) is 3.70. The Bertz CT molecular complexity index is 588. The fraction of sp³-hybridized carbons (Fsp3) is 0.375. The minimum absolute atomic E-state index is 0.101. The van der Waals surface area contributed by atoms with Gasteiger partial charge in [-0.15, -0.1) is 0 Å². The number of rotatable bonds is 4. The summed E-state index contributed by atoms with van der Waals surface area (Å²) in [7, 11) is 0. The number of aromatic amines is 1. The van der Waals surface area contributed by atoms with Crippen LogP contribution in [0.4, 0.5) is 5.69 Å². The summed E-state index contributed by atoms with van der Waals surface area (Å²) in [6.45, 7) is 2.04. The van der Waals surface area contributed by atoms with E-state index in [1.165, 1.54) is 0 Å². The van der Waals surface area contributed by atoms with Crippen molar-refractivity contribution in [2.45, 2.75) is 19.3 Å². The van der Waals surface area contributed by atoms with Crippen LogP contribution in [0.1, 0.15) is 19.3 Å². The predicted octanol–water partition coefficient (Wildman–Crippen LogP) is 2.40. The number of carbonyl (C=O) groups is 1. The molecule has 1 aromatic carbocycles. The lowest BCUT2D eigenvalue weighted by molar-refractivity contribution is -0.117. The largest absolute Gasteiger partial charge is 0.345 e. The number of imidazole rings is 1. The molecule has 0 radical (unpaired) electrons. The summed E-state index contributed by atoms with van der Waals surface area (Å²) in [5.41, 5.74) is 2.80. The molecule has 0 atom stereocenters. The summed E-state index contributed by atoms with van der Waals surface area (Å²) >= 11 is 0. The van der Waals surface area contributed by atoms with Crippen LogP contribution in [-0.4, -0.2) is 29.0 Å². The van der Waals surface area contributed by atoms with Crippen molar-refractivity contribution in [1.82, 2.24) is 15.3 Å². The number of anilines is 1. The number of hydrogen-bond acceptors (Lipinski definition) is 3. The summed E-state index contributed by atoms with van der Waals surface area (Å²) in [4.78, 5) is 19.2. The molecule has 5 nitrogen and oxygen atoms in total. The summed E-state index contributed by atoms with van der Waals surface area (Å²) < 4.78 is 0. The summed E-state index contributed by atoms with van der Waals surface area (Å²) in [5, 5.41) is 6.32. The maximum Gasteiger partial charge on any atom is 0.224 e. The number of amides is 1. The van der Waals surface area contributed by atoms with E-state index >= 15 is 0 Å². The van der Waals surface area contributed by atoms with Crippen molar-refractivity contribution in [3.8, 4) is 11.3 Å². The van der Waals surface area contributed by atoms with Crippen LogP contribution in [0, 0.1) is 5.92 Å². The maximum atomic E-state index is 12.1. The van der Waals surface area contributed by atoms with Gasteiger partial charge >= 0.3 is 0 Å². The standard InChI is InChI=1S/C16H20N4O/c21-16(8-12-4-6-17-7-5-12)20-14-3-1-2-13(9-14)15-10-18-11-19-15/h1-3,9-12,17H,4-8H2,(H,18,19)(H,20,21). The van der Waals surface area contributed by atoms with Gasteiger partial charge in [-0.2, -0.15) is 0 Å². The van der Waals surface area contributed by atoms with Crippen molar-refractivity contribution in [2.75, 3.05) is 18.4 Å². The molecular formula is C16H20N4O. The number of piperidine rings is 1. The highest BCUT2D eigenvalue weighted by Crippen LogP contribution is 2.21. The highest BCUT2D eigenvalue weighted by atomic mass is 16.1. The molecule has 0 bridgehead atoms. The molecule has 1 fully saturated rings. The molecule has 5 heteroatoms. The molecule has 1 amide bonds. The van der Waals surface area contributed by atoms with Gasteiger partial charge in [-0.1, -0.05) is 12.1 Å². The Morgan fingerprint density at radius 1 is 1.33 bits per heavy atom. The third-order valence-electron chi connectivity index (χ3n) is 3.89. The topological polar surface area (TPSA) is 69.8 Å². The van der Waals surface area contributed by atoms with E-state index in [2.05, 4.69) is 20.6 Å². The van der Waals surface area contributed by atoms with Crippen molar-refractivity contribution in [3.05, 3.63) is 36.8 Å². The predicted molar refractivity (Wildman–Crippen MR) is 82.9 cm³/mol. The first-order valence-electron chi connectivity index (χ1n) is 7.40. The van der Waals surface area contributed by atoms with Gasteiger partial charge < -0.3 is 15.6 Å². The molecule has 3 rings (SSSR count). The van der Waals surface area contributed by atoms with E-state index in [-0.39, 0.29) is 5.91 Å². The fourth-order valence-corrected chi connectivity index (χ4v) is 2.74. The minimum atomic E-state index is 0.101. The Hall–Kier alpha value is -2.14. The molecule has 1 saturated heterocycles. The number of aromatic nitrogens is 2. The van der Waals surface area contributed by atoms with E-state index in [9.17, 15) is 4.79 Å². The molecule has 0 aliphatic carbocycles. The molecule has 1 aromatic heterocycles. The number of benzene rings is 1. The van der Waals surface area contributed by atoms with Crippen LogP contribution < -0.4 is 10.6 Å². The van der Waals surface area contributed by atoms with Crippen molar-refractivity contribution < 1.29 is 4.79 Å². The molecule has 0 spiro atoms. The molecule has 1 aliphatic rings. The van der Waals surface area contributed by atoms with Crippen LogP contribution in [-0.2, 0) is 4.79 Å². The quantitative estimate of drug-likeness (QED) is 0.807. The van der Waals surface area contributed by atoms with Gasteiger partial charge in [-0.3, -0.25) is 4.79 Å². The number of hydrogen-bond donors (Lipinski definition) is 3. The van der Waals surface area contributed by atoms with Gasteiger partial charge in [0, 0.05) is 17.7 Å². The Kier molecular flexibility index (Phi) is 4.31. The average Bonchev–Trinajstić information content (AvgIpc) is 3.02. The van der Waals surface area contributed by atoms with E-state index in [1.54, 1.807) is 12.5 Å². The van der Waals surface area contributed by atoms with E-state index < -0.39 is 0 Å². The first-order valence-corrected chi connectivity index (χ1v) is 7.40. The summed E-state index contributed by atoms with van der Waals surface area (Å²) in [6, 6.07) is 7.82. The Morgan fingerprint density at radius 2 is 2.19 bits per heavy atom. The van der Waals surface area contributed by atoms with E-state index in [1.807, 2.05) is 24.3 Å². The Morgan fingerprint density at radius 3 is 2.95 bits per heavy atom. The van der Waals surface area contributed by atoms with Gasteiger partial charge in [0.05, 0.1) is 18.2 Å². The molecule has 21 heavy (non-hydrogen) atoms. The number of H-pyrrole nitrogens is 1. The number of carbonyl (C=O) groups excluding carboxylic acids is 1. The van der Waals surface area contributed by atoms with Crippen molar-refractivity contribution in [2.24, 2.45) is 5.92 Å². The lowest BCUT2D eigenvalue weighted by Crippen LogP contribution is -2.30. The van der Waals surface area contributed by atoms with Crippen LogP contribution in [0.15, 0.2) is 36.8 Å². The molecule has 2 heterocycles. The molecule has 1 aliphatic heterocycles. The zero-order valence-electron chi connectivity index (χ0n) is 11.9. The van der Waals surface area contributed by atoms with E-state index in [0.29, 0.717) is 12.3 Å². The number of nitrogens with one attached hydrogen (secondary N) is 3. The first kappa shape index (κ1) is 13.8. The fourth-order valence-electron chi connectivity index (χ4n) is 2.74. The zero-order valence-corrected chi connectivity index (χ0v) is 11.9. The smallest absolute Gasteiger partial charge is 0.224 e. The van der Waals surface area contributed by atoms with Gasteiger partial charge in [0.1, 0.15) is 0 Å². The van der Waals surface area contributed by atoms with Crippen LogP contribution in [0.25, 0.3) is 11.3 Å². The molecule has 0 saturated carbocycles. The van der Waals surface area contributed by atoms with Gasteiger partial charge in [-0.25, -0.2) is 4.98 Å². The molecule has 3 N–H and O–H groups in total. The summed E-state index contributed by atoms with van der Waals surface area (Å²) in [5.74, 6) is 0.603. The monoisotopic (exact) mass is 284 g/mol. The van der Waals surface area contributed by atoms with Crippen LogP contribution in [0.3, 0.4) is 0 Å². The minimum Gasteiger partial charge on any atom is -0.345 e. The Labute approximate surface area is 124 Å². The maximum absolute atomic E-state index is 12.1. The molecule has 110 valence electrons. The highest BCUT2D eigenvalue weighted by molar-refractivity contribution is 5.91. The van der Waals surface area contributed by atoms with Gasteiger partial charge in [0.2, 0.25) is 5.91 Å². The molecular weight excluding hydrogens is 264 g/mol. The lowest BCUT2D eigenvalue weighted by atomic mass is 9.94. The van der Waals surface area contributed by atoms with Gasteiger partial charge in [0.15, 0.2) is 0 Å². The van der Waals surface area contributed by atoms with E-state index in [4.69, 9.17) is 0 Å². The van der Waals surface area contributed by atoms with Crippen LogP contribution in [0.5, 0.6) is 0 Å². The summed E-state index contributed by atoms with van der Waals surface area (Å²) in [6.07, 6.45) is 6.20. The molecule has 0 unspecified atom stereocenters. The van der Waals surface area contributed by atoms with Crippen LogP contribution in [0.2, 0.25) is 0 Å². The zero-order chi connectivity index (χ0) is 14.5. The second-order valence-corrected chi connectivity index (χ2v) is 5.49. The lowest BCUT2D eigenvalue weighted by Gasteiger charge is -2.21. The molecule has 2 aromatic rings. The number of nitrogens with zero attached hydrogens (tertiary/aromatic N) is 1. The second-order valence-electron chi connectivity index (χ2n) is 5.49. The first-order chi connectivity index (χ1) is 10.3. The van der Waals surface area contributed by atoms with Gasteiger partial charge in [0.25, 0.3) is 0 Å². The van der Waals surface area contributed by atoms with Gasteiger partial charge in [-0.05, 0) is 44.0 Å². The second kappa shape index (κ2) is 6.54. The van der Waals surface area contributed by atoms with Crippen molar-refractivity contribution in [1.29, 1.82) is 0 Å². The normalized spacial score (nSPS) is 15.8. The third-order valence-corrected chi connectivity index (χ3v) is 3.89.